The van der Waals surface area contributed by atoms with Crippen LogP contribution in [-0.4, -0.2) is 26.8 Å². The lowest BCUT2D eigenvalue weighted by Gasteiger charge is -2.25. The molecule has 0 unspecified atom stereocenters. The van der Waals surface area contributed by atoms with E-state index in [0.29, 0.717) is 11.3 Å². The smallest absolute Gasteiger partial charge is 0.255 e. The molecule has 0 amide bonds. The second-order valence-electron chi connectivity index (χ2n) is 9.09. The lowest BCUT2D eigenvalue weighted by Crippen LogP contribution is -2.15. The number of pyridine rings is 1. The molecule has 174 valence electrons. The van der Waals surface area contributed by atoms with Gasteiger partial charge in [-0.25, -0.2) is 8.42 Å². The fourth-order valence-corrected chi connectivity index (χ4v) is 4.24. The van der Waals surface area contributed by atoms with E-state index in [0.717, 1.165) is 39.8 Å². The zero-order chi connectivity index (χ0) is 24.4. The molecule has 0 bridgehead atoms. The first-order valence-corrected chi connectivity index (χ1v) is 12.5. The molecule has 3 rings (SSSR count). The third kappa shape index (κ3) is 5.93. The number of hydrogen-bond acceptors (Lipinski definition) is 4. The molecule has 0 fully saturated rings. The number of nitrogens with one attached hydrogen (secondary N) is 2. The number of ether oxygens (including phenoxy) is 1. The van der Waals surface area contributed by atoms with Gasteiger partial charge in [0.2, 0.25) is 10.0 Å². The number of benzene rings is 2. The van der Waals surface area contributed by atoms with Gasteiger partial charge in [-0.1, -0.05) is 32.9 Å². The maximum atomic E-state index is 12.5. The summed E-state index contributed by atoms with van der Waals surface area (Å²) in [6.45, 7) is 8.31. The van der Waals surface area contributed by atoms with Crippen molar-refractivity contribution in [3.63, 3.8) is 0 Å². The van der Waals surface area contributed by atoms with Crippen LogP contribution in [0.5, 0.6) is 5.75 Å². The van der Waals surface area contributed by atoms with Crippen LogP contribution >= 0.6 is 0 Å². The Kier molecular flexibility index (Phi) is 6.84. The van der Waals surface area contributed by atoms with Crippen molar-refractivity contribution >= 4 is 27.4 Å². The largest absolute Gasteiger partial charge is 0.496 e. The highest BCUT2D eigenvalue weighted by Gasteiger charge is 2.23. The van der Waals surface area contributed by atoms with Crippen molar-refractivity contribution in [2.24, 2.45) is 0 Å². The molecule has 0 aliphatic rings. The van der Waals surface area contributed by atoms with Crippen molar-refractivity contribution in [2.45, 2.75) is 33.1 Å². The summed E-state index contributed by atoms with van der Waals surface area (Å²) in [6.07, 6.45) is 4.76. The molecule has 3 aromatic rings. The van der Waals surface area contributed by atoms with E-state index in [-0.39, 0.29) is 11.0 Å². The minimum absolute atomic E-state index is 0.150. The average molecular weight is 467 g/mol. The van der Waals surface area contributed by atoms with Gasteiger partial charge in [-0.15, -0.1) is 0 Å². The fraction of sp³-hybridized carbons (Fsp3) is 0.269. The topological polar surface area (TPSA) is 88.3 Å². The van der Waals surface area contributed by atoms with E-state index in [1.807, 2.05) is 43.3 Å². The average Bonchev–Trinajstić information content (AvgIpc) is 2.72. The van der Waals surface area contributed by atoms with Gasteiger partial charge in [-0.2, -0.15) is 0 Å². The molecular formula is C26H30N2O4S. The van der Waals surface area contributed by atoms with Crippen LogP contribution in [0.3, 0.4) is 0 Å². The van der Waals surface area contributed by atoms with E-state index >= 15 is 0 Å². The number of sulfonamides is 1. The highest BCUT2D eigenvalue weighted by atomic mass is 32.2. The zero-order valence-electron chi connectivity index (χ0n) is 19.8. The van der Waals surface area contributed by atoms with E-state index < -0.39 is 10.0 Å². The van der Waals surface area contributed by atoms with Gasteiger partial charge in [0.05, 0.1) is 13.4 Å². The minimum atomic E-state index is -3.33. The van der Waals surface area contributed by atoms with E-state index in [9.17, 15) is 13.2 Å². The molecule has 0 aliphatic heterocycles. The van der Waals surface area contributed by atoms with Gasteiger partial charge in [0.15, 0.2) is 0 Å². The standard InChI is InChI=1S/C26H30N2O4S/c1-17(18-9-11-21(12-10-18)28-33(6,30)31)14-20-15-19(22-8-7-13-27-25(22)29)16-23(24(20)32-5)26(2,3)4/h7-16,28H,1-6H3,(H,27,29)/b17-14-. The Morgan fingerprint density at radius 2 is 1.76 bits per heavy atom. The number of methoxy groups -OCH3 is 1. The van der Waals surface area contributed by atoms with Crippen LogP contribution < -0.4 is 15.0 Å². The molecule has 0 spiro atoms. The van der Waals surface area contributed by atoms with Crippen LogP contribution in [0, 0.1) is 0 Å². The SMILES string of the molecule is COc1c(/C=C(/C)c2ccc(NS(C)(=O)=O)cc2)cc(-c2ccc[nH]c2=O)cc1C(C)(C)C. The maximum Gasteiger partial charge on any atom is 0.255 e. The molecule has 0 saturated carbocycles. The first-order chi connectivity index (χ1) is 15.4. The normalized spacial score (nSPS) is 12.5. The molecule has 0 radical (unpaired) electrons. The molecule has 1 heterocycles. The van der Waals surface area contributed by atoms with Gasteiger partial charge in [0.1, 0.15) is 5.75 Å². The molecule has 2 N–H and O–H groups in total. The Hall–Kier alpha value is -3.32. The zero-order valence-corrected chi connectivity index (χ0v) is 20.6. The molecular weight excluding hydrogens is 436 g/mol. The summed E-state index contributed by atoms with van der Waals surface area (Å²) in [6, 6.07) is 14.8. The van der Waals surface area contributed by atoms with Crippen molar-refractivity contribution in [3.05, 3.63) is 81.8 Å². The summed E-state index contributed by atoms with van der Waals surface area (Å²) in [4.78, 5) is 15.2. The Labute approximate surface area is 195 Å². The second kappa shape index (κ2) is 9.27. The van der Waals surface area contributed by atoms with Crippen molar-refractivity contribution < 1.29 is 13.2 Å². The van der Waals surface area contributed by atoms with Crippen LogP contribution in [0.15, 0.2) is 59.5 Å². The van der Waals surface area contributed by atoms with Gasteiger partial charge in [0.25, 0.3) is 5.56 Å². The van der Waals surface area contributed by atoms with E-state index in [1.54, 1.807) is 31.5 Å². The molecule has 1 aromatic heterocycles. The highest BCUT2D eigenvalue weighted by molar-refractivity contribution is 7.92. The van der Waals surface area contributed by atoms with Crippen LogP contribution in [0.4, 0.5) is 5.69 Å². The van der Waals surface area contributed by atoms with Crippen molar-refractivity contribution in [2.75, 3.05) is 18.1 Å². The number of H-pyrrole nitrogens is 1. The minimum Gasteiger partial charge on any atom is -0.496 e. The van der Waals surface area contributed by atoms with E-state index in [1.165, 1.54) is 0 Å². The molecule has 2 aromatic carbocycles. The van der Waals surface area contributed by atoms with Gasteiger partial charge >= 0.3 is 0 Å². The Bertz CT molecular complexity index is 1350. The molecule has 0 atom stereocenters. The van der Waals surface area contributed by atoms with E-state index in [2.05, 4.69) is 30.5 Å². The number of allylic oxidation sites excluding steroid dienone is 1. The number of rotatable bonds is 6. The third-order valence-corrected chi connectivity index (χ3v) is 5.88. The number of anilines is 1. The van der Waals surface area contributed by atoms with Gasteiger partial charge in [0, 0.05) is 28.6 Å². The van der Waals surface area contributed by atoms with Crippen LogP contribution in [0.1, 0.15) is 44.4 Å². The van der Waals surface area contributed by atoms with Crippen molar-refractivity contribution in [1.82, 2.24) is 4.98 Å². The summed E-state index contributed by atoms with van der Waals surface area (Å²) < 4.78 is 31.2. The van der Waals surface area contributed by atoms with Crippen LogP contribution in [0.2, 0.25) is 0 Å². The first kappa shape index (κ1) is 24.3. The number of aromatic nitrogens is 1. The Morgan fingerprint density at radius 3 is 2.30 bits per heavy atom. The van der Waals surface area contributed by atoms with Gasteiger partial charge in [-0.05, 0) is 71.5 Å². The molecule has 0 saturated heterocycles. The summed E-state index contributed by atoms with van der Waals surface area (Å²) in [5, 5.41) is 0. The molecule has 7 heteroatoms. The lowest BCUT2D eigenvalue weighted by molar-refractivity contribution is 0.397. The third-order valence-electron chi connectivity index (χ3n) is 5.27. The quantitative estimate of drug-likeness (QED) is 0.484. The van der Waals surface area contributed by atoms with Gasteiger partial charge in [-0.3, -0.25) is 9.52 Å². The van der Waals surface area contributed by atoms with E-state index in [4.69, 9.17) is 4.74 Å². The summed E-state index contributed by atoms with van der Waals surface area (Å²) in [7, 11) is -1.68. The van der Waals surface area contributed by atoms with Crippen molar-refractivity contribution in [1.29, 1.82) is 0 Å². The van der Waals surface area contributed by atoms with Crippen molar-refractivity contribution in [3.8, 4) is 16.9 Å². The molecule has 0 aliphatic carbocycles. The number of hydrogen-bond donors (Lipinski definition) is 2. The van der Waals surface area contributed by atoms with Crippen LogP contribution in [0.25, 0.3) is 22.8 Å². The highest BCUT2D eigenvalue weighted by Crippen LogP contribution is 2.39. The summed E-state index contributed by atoms with van der Waals surface area (Å²) in [5.74, 6) is 0.758. The first-order valence-electron chi connectivity index (χ1n) is 10.6. The number of aromatic amines is 1. The van der Waals surface area contributed by atoms with Crippen LogP contribution in [-0.2, 0) is 15.4 Å². The lowest BCUT2D eigenvalue weighted by atomic mass is 9.83. The Morgan fingerprint density at radius 1 is 1.09 bits per heavy atom. The summed E-state index contributed by atoms with van der Waals surface area (Å²) in [5.41, 5.74) is 5.32. The monoisotopic (exact) mass is 466 g/mol. The van der Waals surface area contributed by atoms with Gasteiger partial charge < -0.3 is 9.72 Å². The summed E-state index contributed by atoms with van der Waals surface area (Å²) >= 11 is 0. The second-order valence-corrected chi connectivity index (χ2v) is 10.8. The molecule has 33 heavy (non-hydrogen) atoms. The Balaban J connectivity index is 2.14. The maximum absolute atomic E-state index is 12.5. The fourth-order valence-electron chi connectivity index (χ4n) is 3.68. The molecule has 6 nitrogen and oxygen atoms in total. The predicted molar refractivity (Wildman–Crippen MR) is 136 cm³/mol. The predicted octanol–water partition coefficient (Wildman–Crippen LogP) is 5.28.